The van der Waals surface area contributed by atoms with E-state index < -0.39 is 0 Å². The summed E-state index contributed by atoms with van der Waals surface area (Å²) >= 11 is 0. The highest BCUT2D eigenvalue weighted by Gasteiger charge is 2.32. The van der Waals surface area contributed by atoms with Crippen LogP contribution in [0.4, 0.5) is 0 Å². The third kappa shape index (κ3) is 67.4. The predicted octanol–water partition coefficient (Wildman–Crippen LogP) is 4.07. The van der Waals surface area contributed by atoms with Gasteiger partial charge in [0.2, 0.25) is 0 Å². The van der Waals surface area contributed by atoms with E-state index in [9.17, 15) is 0 Å². The van der Waals surface area contributed by atoms with Crippen LogP contribution in [0.3, 0.4) is 0 Å². The summed E-state index contributed by atoms with van der Waals surface area (Å²) in [6.45, 7) is 81.9. The van der Waals surface area contributed by atoms with Gasteiger partial charge in [-0.05, 0) is 196 Å². The highest BCUT2D eigenvalue weighted by Crippen LogP contribution is 2.29. The van der Waals surface area contributed by atoms with Crippen LogP contribution < -0.4 is 67.6 Å². The first-order valence-electron chi connectivity index (χ1n) is 55.4. The van der Waals surface area contributed by atoms with Gasteiger partial charge in [-0.15, -0.1) is 0 Å². The molecule has 0 saturated carbocycles. The largest absolute Gasteiger partial charge is 0.330 e. The van der Waals surface area contributed by atoms with Crippen molar-refractivity contribution in [1.29, 1.82) is 0 Å². The maximum atomic E-state index is 5.72. The first-order valence-corrected chi connectivity index (χ1v) is 55.4. The van der Waals surface area contributed by atoms with E-state index in [1.165, 1.54) is 361 Å². The Balaban J connectivity index is 0.000000187. The number of hydrogen-bond donors (Lipinski definition) is 12. The molecule has 29 nitrogen and oxygen atoms in total. The Labute approximate surface area is 846 Å². The van der Waals surface area contributed by atoms with Gasteiger partial charge in [-0.3, -0.25) is 53.9 Å². The maximum Gasteiger partial charge on any atom is 0.0361 e. The topological polar surface area (TPSA) is 322 Å². The normalized spacial score (nSPS) is 19.8. The van der Waals surface area contributed by atoms with Crippen LogP contribution in [0.5, 0.6) is 0 Å². The molecule has 790 valence electrons. The zero-order valence-electron chi connectivity index (χ0n) is 88.3. The molecule has 15 saturated heterocycles. The van der Waals surface area contributed by atoms with Crippen LogP contribution in [0.25, 0.3) is 0 Å². The molecule has 0 aromatic heterocycles. The van der Waals surface area contributed by atoms with E-state index in [0.29, 0.717) is 37.1 Å². The lowest BCUT2D eigenvalue weighted by Crippen LogP contribution is -2.35. The summed E-state index contributed by atoms with van der Waals surface area (Å²) in [6.07, 6.45) is 10.9. The Morgan fingerprint density at radius 2 is 0.647 bits per heavy atom. The third-order valence-electron chi connectivity index (χ3n) is 27.2. The summed E-state index contributed by atoms with van der Waals surface area (Å²) in [5.41, 5.74) is 56.0. The lowest BCUT2D eigenvalue weighted by atomic mass is 10.0. The average Bonchev–Trinajstić information content (AvgIpc) is 1.70. The van der Waals surface area contributed by atoms with Crippen LogP contribution in [0.15, 0.2) is 152 Å². The Kier molecular flexibility index (Phi) is 64.8. The van der Waals surface area contributed by atoms with Gasteiger partial charge >= 0.3 is 0 Å². The van der Waals surface area contributed by atoms with E-state index in [2.05, 4.69) is 279 Å². The molecule has 20 rings (SSSR count). The van der Waals surface area contributed by atoms with Gasteiger partial charge in [0.05, 0.1) is 0 Å². The molecule has 0 spiro atoms. The van der Waals surface area contributed by atoms with E-state index in [-0.39, 0.29) is 0 Å². The van der Waals surface area contributed by atoms with Gasteiger partial charge in [-0.25, -0.2) is 0 Å². The Bertz CT molecular complexity index is 3480. The van der Waals surface area contributed by atoms with E-state index in [0.717, 1.165) is 123 Å². The minimum Gasteiger partial charge on any atom is -0.330 e. The van der Waals surface area contributed by atoms with Crippen LogP contribution >= 0.6 is 0 Å². The molecule has 15 aliphatic rings. The van der Waals surface area contributed by atoms with Gasteiger partial charge < -0.3 is 97.0 Å². The Morgan fingerprint density at radius 1 is 0.302 bits per heavy atom. The van der Waals surface area contributed by atoms with Crippen LogP contribution in [0.2, 0.25) is 0 Å². The Morgan fingerprint density at radius 3 is 0.986 bits per heavy atom. The van der Waals surface area contributed by atoms with E-state index in [1.807, 2.05) is 0 Å². The molecule has 0 radical (unpaired) electrons. The second kappa shape index (κ2) is 75.6. The molecule has 139 heavy (non-hydrogen) atoms. The van der Waals surface area contributed by atoms with E-state index in [4.69, 9.17) is 51.6 Å². The van der Waals surface area contributed by atoms with Crippen molar-refractivity contribution >= 4 is 0 Å². The highest BCUT2D eigenvalue weighted by molar-refractivity contribution is 5.21. The molecule has 15 heterocycles. The van der Waals surface area contributed by atoms with Gasteiger partial charge in [0.1, 0.15) is 0 Å². The molecule has 15 fully saturated rings. The summed E-state index contributed by atoms with van der Waals surface area (Å²) in [5, 5.41) is 10.2. The second-order valence-electron chi connectivity index (χ2n) is 39.9. The van der Waals surface area contributed by atoms with Crippen molar-refractivity contribution in [2.75, 3.05) is 386 Å². The lowest BCUT2D eigenvalue weighted by Gasteiger charge is -2.23. The molecular weight excluding hydrogens is 1730 g/mol. The number of nitrogens with zero attached hydrogens (tertiary/aromatic N) is 17. The number of nitrogens with two attached hydrogens (primary N) is 9. The third-order valence-corrected chi connectivity index (χ3v) is 27.2. The minimum absolute atomic E-state index is 0.454. The fourth-order valence-electron chi connectivity index (χ4n) is 15.8. The van der Waals surface area contributed by atoms with Crippen molar-refractivity contribution in [3.05, 3.63) is 179 Å². The van der Waals surface area contributed by atoms with Crippen molar-refractivity contribution in [2.45, 2.75) is 129 Å². The van der Waals surface area contributed by atoms with Gasteiger partial charge in [0.25, 0.3) is 0 Å². The highest BCUT2D eigenvalue weighted by atomic mass is 15.3. The monoisotopic (exact) mass is 1930 g/mol. The molecule has 0 aliphatic carbocycles. The standard InChI is InChI=1S/C18H22N2.C13H20N2.2C11H16N2.C10H21N3.C8H17N3.C7H16N2.C6H15N3.2C6H14N2.C5H13N3.C5H12N2.C4H9N/c1-3-7-17(8-4-1)15-20(14-13-19-11-12-19)16-18-9-5-2-6-10-18;1-2-14(8-9-15-10-11-15)12-13-6-4-3-5-7-13;12-9-11(13-6-7-13)8-10-4-2-1-3-5-10;12-7-6-11(13-8-9-13)10-4-2-1-3-5-10;1(5-12-7-8-12)3-11-4-2-6-13-9-10-13;1(3-10-5-6-10)9-2-4-11-7-8-11;1-2-7-6-9(7)5-3-4-8;7-3-6(4-8)5-9-1-2-9;1-2-7-3-4-8-5-6-8;7-3-1-2-4-8-5-6-8;6-3-5(4-7)8-1-2-8;6-2-1-3-7-4-5-7;1-2-5-3-4-5/h1-10H,11-16H2;3-7H,2,8-12H2,1H3;2*1-5,11H,6-9,12H2;11H,1-10H2;9H,1-8H2;7H,2-6,8H2,1H3;6H,1-5,7-8H2;7H,2-6H2,1H3;1-7H2;5H,1-4,6-7H2;1-6H2;2-4H2,1H3. The average molecular weight is 1930 g/mol. The van der Waals surface area contributed by atoms with Crippen LogP contribution in [-0.2, 0) is 26.1 Å². The summed E-state index contributed by atoms with van der Waals surface area (Å²) in [6, 6.07) is 56.0. The molecule has 4 atom stereocenters. The molecule has 29 heteroatoms. The van der Waals surface area contributed by atoms with Gasteiger partial charge in [0.15, 0.2) is 0 Å². The molecule has 0 amide bonds. The molecule has 0 bridgehead atoms. The maximum absolute atomic E-state index is 5.72. The molecule has 5 aromatic rings. The first kappa shape index (κ1) is 119. The summed E-state index contributed by atoms with van der Waals surface area (Å²) in [7, 11) is 0. The fourth-order valence-corrected chi connectivity index (χ4v) is 15.8. The van der Waals surface area contributed by atoms with Crippen molar-refractivity contribution in [1.82, 2.24) is 99.2 Å². The second-order valence-corrected chi connectivity index (χ2v) is 39.9. The van der Waals surface area contributed by atoms with Gasteiger partial charge in [0, 0.05) is 325 Å². The number of unbranched alkanes of at least 4 members (excludes halogenated alkanes) is 1. The smallest absolute Gasteiger partial charge is 0.0361 e. The zero-order chi connectivity index (χ0) is 98.6. The number of nitrogens with one attached hydrogen (secondary N) is 3. The molecule has 5 aromatic carbocycles. The van der Waals surface area contributed by atoms with Gasteiger partial charge in [-0.2, -0.15) is 0 Å². The van der Waals surface area contributed by atoms with E-state index >= 15 is 0 Å². The molecule has 21 N–H and O–H groups in total. The van der Waals surface area contributed by atoms with Crippen molar-refractivity contribution < 1.29 is 0 Å². The molecular formula is C110H205N29. The van der Waals surface area contributed by atoms with Crippen molar-refractivity contribution in [3.8, 4) is 0 Å². The number of rotatable bonds is 58. The SMILES string of the molecule is C(CN1CC1)NCCN1CC1.C(CNCCCN1CC1)CN1CC1.CCC1CN1CCCN.CCN(CCN1CC1)Cc1ccccc1.CCN1CC1.CCNCCN1CC1.NCC(CN)CN1CC1.NCC(CN)N1CC1.NCC(Cc1ccccc1)N1CC1.NCCC(c1ccccc1)N1CC1.NCCCCN1CC1.NCCCN1CC1.c1ccc(CN(CCN2CC2)Cc2ccccc2)cc1. The minimum atomic E-state index is 0.454. The van der Waals surface area contributed by atoms with Crippen LogP contribution in [-0.4, -0.2) is 488 Å². The Hall–Kier alpha value is -5.06. The van der Waals surface area contributed by atoms with Gasteiger partial charge in [-0.1, -0.05) is 179 Å². The summed E-state index contributed by atoms with van der Waals surface area (Å²) in [4.78, 5) is 41.5. The number of likely N-dealkylation sites (N-methyl/N-ethyl adjacent to an activating group) is 3. The van der Waals surface area contributed by atoms with E-state index in [1.54, 1.807) is 0 Å². The van der Waals surface area contributed by atoms with Crippen LogP contribution in [0.1, 0.15) is 113 Å². The first-order chi connectivity index (χ1) is 68.3. The quantitative estimate of drug-likeness (QED) is 0.0193. The summed E-state index contributed by atoms with van der Waals surface area (Å²) in [5.74, 6) is 0.521. The van der Waals surface area contributed by atoms with Crippen molar-refractivity contribution in [3.63, 3.8) is 0 Å². The number of benzene rings is 5. The zero-order valence-corrected chi connectivity index (χ0v) is 88.3. The number of hydrogen-bond acceptors (Lipinski definition) is 29. The summed E-state index contributed by atoms with van der Waals surface area (Å²) < 4.78 is 0. The predicted molar refractivity (Wildman–Crippen MR) is 590 cm³/mol. The lowest BCUT2D eigenvalue weighted by molar-refractivity contribution is 0.243. The molecule has 15 aliphatic heterocycles. The van der Waals surface area contributed by atoms with Crippen molar-refractivity contribution in [2.24, 2.45) is 57.5 Å². The molecule has 4 unspecified atom stereocenters. The fraction of sp³-hybridized carbons (Fsp3) is 0.727. The van der Waals surface area contributed by atoms with Crippen LogP contribution in [0, 0.1) is 5.92 Å².